The molecular weight excluding hydrogens is 266 g/mol. The molecule has 2 aliphatic rings. The third-order valence-corrected chi connectivity index (χ3v) is 4.81. The number of likely N-dealkylation sites (tertiary alicyclic amines) is 1. The first kappa shape index (κ1) is 13.2. The van der Waals surface area contributed by atoms with Crippen LogP contribution in [0, 0.1) is 5.41 Å². The first-order valence-corrected chi connectivity index (χ1v) is 7.63. The molecular formula is C16H21N3O2. The summed E-state index contributed by atoms with van der Waals surface area (Å²) < 4.78 is 7.46. The average Bonchev–Trinajstić information content (AvgIpc) is 3.09. The SMILES string of the molecule is OCC1(CN2CCC(n3ncc4ccccc43)C2)COC1. The molecule has 2 aliphatic heterocycles. The van der Waals surface area contributed by atoms with Crippen molar-refractivity contribution in [3.05, 3.63) is 30.5 Å². The van der Waals surface area contributed by atoms with Crippen LogP contribution in [0.1, 0.15) is 12.5 Å². The molecule has 1 unspecified atom stereocenters. The van der Waals surface area contributed by atoms with Crippen LogP contribution in [0.15, 0.2) is 30.5 Å². The van der Waals surface area contributed by atoms with Crippen molar-refractivity contribution in [2.75, 3.05) is 39.5 Å². The summed E-state index contributed by atoms with van der Waals surface area (Å²) in [5.74, 6) is 0. The lowest BCUT2D eigenvalue weighted by Gasteiger charge is -2.42. The molecule has 1 N–H and O–H groups in total. The smallest absolute Gasteiger partial charge is 0.0686 e. The van der Waals surface area contributed by atoms with Crippen molar-refractivity contribution in [2.45, 2.75) is 12.5 Å². The zero-order valence-corrected chi connectivity index (χ0v) is 12.1. The molecule has 1 aromatic heterocycles. The van der Waals surface area contributed by atoms with Crippen molar-refractivity contribution >= 4 is 10.9 Å². The second-order valence-corrected chi connectivity index (χ2v) is 6.48. The molecule has 21 heavy (non-hydrogen) atoms. The second-order valence-electron chi connectivity index (χ2n) is 6.48. The Bertz CT molecular complexity index is 630. The molecule has 0 amide bonds. The van der Waals surface area contributed by atoms with Gasteiger partial charge in [-0.3, -0.25) is 4.68 Å². The second kappa shape index (κ2) is 5.09. The summed E-state index contributed by atoms with van der Waals surface area (Å²) in [5.41, 5.74) is 1.19. The predicted octanol–water partition coefficient (Wildman–Crippen LogP) is 1.29. The third-order valence-electron chi connectivity index (χ3n) is 4.81. The van der Waals surface area contributed by atoms with E-state index in [9.17, 15) is 5.11 Å². The van der Waals surface area contributed by atoms with E-state index in [0.717, 1.165) is 26.1 Å². The van der Waals surface area contributed by atoms with Crippen LogP contribution < -0.4 is 0 Å². The minimum absolute atomic E-state index is 0.0267. The zero-order chi connectivity index (χ0) is 14.3. The summed E-state index contributed by atoms with van der Waals surface area (Å²) in [6.45, 7) is 4.61. The van der Waals surface area contributed by atoms with Gasteiger partial charge in [-0.15, -0.1) is 0 Å². The number of aliphatic hydroxyl groups is 1. The first-order valence-electron chi connectivity index (χ1n) is 7.63. The van der Waals surface area contributed by atoms with Crippen molar-refractivity contribution in [3.8, 4) is 0 Å². The molecule has 0 bridgehead atoms. The van der Waals surface area contributed by atoms with Gasteiger partial charge in [-0.05, 0) is 12.5 Å². The maximum atomic E-state index is 9.56. The van der Waals surface area contributed by atoms with Gasteiger partial charge in [-0.1, -0.05) is 18.2 Å². The average molecular weight is 287 g/mol. The summed E-state index contributed by atoms with van der Waals surface area (Å²) >= 11 is 0. The summed E-state index contributed by atoms with van der Waals surface area (Å²) in [4.78, 5) is 2.44. The molecule has 0 saturated carbocycles. The van der Waals surface area contributed by atoms with Crippen LogP contribution in [0.5, 0.6) is 0 Å². The molecule has 1 atom stereocenters. The lowest BCUT2D eigenvalue weighted by atomic mass is 9.86. The van der Waals surface area contributed by atoms with E-state index in [0.29, 0.717) is 19.3 Å². The fourth-order valence-electron chi connectivity index (χ4n) is 3.54. The Morgan fingerprint density at radius 1 is 1.33 bits per heavy atom. The van der Waals surface area contributed by atoms with E-state index in [1.165, 1.54) is 10.9 Å². The highest BCUT2D eigenvalue weighted by molar-refractivity contribution is 5.78. The molecule has 2 aromatic rings. The van der Waals surface area contributed by atoms with Gasteiger partial charge < -0.3 is 14.7 Å². The highest BCUT2D eigenvalue weighted by Gasteiger charge is 2.41. The highest BCUT2D eigenvalue weighted by atomic mass is 16.5. The van der Waals surface area contributed by atoms with Crippen molar-refractivity contribution in [1.82, 2.24) is 14.7 Å². The number of para-hydroxylation sites is 1. The molecule has 1 aromatic carbocycles. The van der Waals surface area contributed by atoms with E-state index in [1.54, 1.807) is 0 Å². The molecule has 2 saturated heterocycles. The predicted molar refractivity (Wildman–Crippen MR) is 80.2 cm³/mol. The van der Waals surface area contributed by atoms with Crippen molar-refractivity contribution < 1.29 is 9.84 Å². The zero-order valence-electron chi connectivity index (χ0n) is 12.1. The van der Waals surface area contributed by atoms with Crippen LogP contribution >= 0.6 is 0 Å². The number of benzene rings is 1. The molecule has 3 heterocycles. The van der Waals surface area contributed by atoms with Gasteiger partial charge in [-0.25, -0.2) is 0 Å². The van der Waals surface area contributed by atoms with E-state index in [1.807, 2.05) is 6.20 Å². The van der Waals surface area contributed by atoms with Crippen LogP contribution in [-0.2, 0) is 4.74 Å². The normalized spacial score (nSPS) is 25.3. The van der Waals surface area contributed by atoms with Gasteiger partial charge in [0.25, 0.3) is 0 Å². The molecule has 2 fully saturated rings. The van der Waals surface area contributed by atoms with E-state index in [4.69, 9.17) is 4.74 Å². The lowest BCUT2D eigenvalue weighted by Crippen LogP contribution is -2.52. The Morgan fingerprint density at radius 2 is 2.19 bits per heavy atom. The Kier molecular flexibility index (Phi) is 3.21. The maximum Gasteiger partial charge on any atom is 0.0686 e. The molecule has 0 radical (unpaired) electrons. The van der Waals surface area contributed by atoms with E-state index in [2.05, 4.69) is 38.9 Å². The van der Waals surface area contributed by atoms with Crippen LogP contribution in [0.2, 0.25) is 0 Å². The lowest BCUT2D eigenvalue weighted by molar-refractivity contribution is -0.146. The van der Waals surface area contributed by atoms with E-state index >= 15 is 0 Å². The van der Waals surface area contributed by atoms with Gasteiger partial charge in [-0.2, -0.15) is 5.10 Å². The van der Waals surface area contributed by atoms with E-state index in [-0.39, 0.29) is 12.0 Å². The Hall–Kier alpha value is -1.43. The number of fused-ring (bicyclic) bond motifs is 1. The van der Waals surface area contributed by atoms with Gasteiger partial charge in [0, 0.05) is 25.0 Å². The standard InChI is InChI=1S/C16H21N3O2/c20-10-16(11-21-12-16)9-18-6-5-14(8-18)19-15-4-2-1-3-13(15)7-17-19/h1-4,7,14,20H,5-6,8-12H2. The molecule has 4 rings (SSSR count). The monoisotopic (exact) mass is 287 g/mol. The minimum atomic E-state index is -0.0267. The number of nitrogens with zero attached hydrogens (tertiary/aromatic N) is 3. The number of aliphatic hydroxyl groups excluding tert-OH is 1. The number of aromatic nitrogens is 2. The maximum absolute atomic E-state index is 9.56. The van der Waals surface area contributed by atoms with Gasteiger partial charge in [0.2, 0.25) is 0 Å². The van der Waals surface area contributed by atoms with Crippen molar-refractivity contribution in [1.29, 1.82) is 0 Å². The minimum Gasteiger partial charge on any atom is -0.396 e. The summed E-state index contributed by atoms with van der Waals surface area (Å²) in [5, 5.41) is 15.3. The summed E-state index contributed by atoms with van der Waals surface area (Å²) in [6.07, 6.45) is 3.07. The Labute approximate surface area is 124 Å². The van der Waals surface area contributed by atoms with Crippen LogP contribution in [0.4, 0.5) is 0 Å². The summed E-state index contributed by atoms with van der Waals surface area (Å²) in [6, 6.07) is 8.80. The molecule has 112 valence electrons. The van der Waals surface area contributed by atoms with Crippen LogP contribution in [0.25, 0.3) is 10.9 Å². The fraction of sp³-hybridized carbons (Fsp3) is 0.562. The van der Waals surface area contributed by atoms with Gasteiger partial charge in [0.15, 0.2) is 0 Å². The van der Waals surface area contributed by atoms with Gasteiger partial charge >= 0.3 is 0 Å². The molecule has 0 aliphatic carbocycles. The van der Waals surface area contributed by atoms with Crippen LogP contribution in [-0.4, -0.2) is 59.2 Å². The van der Waals surface area contributed by atoms with Crippen LogP contribution in [0.3, 0.4) is 0 Å². The number of hydrogen-bond acceptors (Lipinski definition) is 4. The van der Waals surface area contributed by atoms with E-state index < -0.39 is 0 Å². The fourth-order valence-corrected chi connectivity index (χ4v) is 3.54. The number of ether oxygens (including phenoxy) is 1. The van der Waals surface area contributed by atoms with Gasteiger partial charge in [0.1, 0.15) is 0 Å². The Balaban J connectivity index is 1.49. The van der Waals surface area contributed by atoms with Crippen molar-refractivity contribution in [2.24, 2.45) is 5.41 Å². The van der Waals surface area contributed by atoms with Gasteiger partial charge in [0.05, 0.1) is 43.0 Å². The third kappa shape index (κ3) is 2.25. The summed E-state index contributed by atoms with van der Waals surface area (Å²) in [7, 11) is 0. The number of rotatable bonds is 4. The topological polar surface area (TPSA) is 50.5 Å². The number of hydrogen-bond donors (Lipinski definition) is 1. The molecule has 0 spiro atoms. The molecule has 5 nitrogen and oxygen atoms in total. The first-order chi connectivity index (χ1) is 10.3. The molecule has 5 heteroatoms. The Morgan fingerprint density at radius 3 is 2.95 bits per heavy atom. The largest absolute Gasteiger partial charge is 0.396 e. The van der Waals surface area contributed by atoms with Crippen molar-refractivity contribution in [3.63, 3.8) is 0 Å². The highest BCUT2D eigenvalue weighted by Crippen LogP contribution is 2.32. The quantitative estimate of drug-likeness (QED) is 0.920.